The van der Waals surface area contributed by atoms with Gasteiger partial charge in [0.15, 0.2) is 55.8 Å². The molecule has 0 aliphatic carbocycles. The predicted molar refractivity (Wildman–Crippen MR) is 405 cm³/mol. The summed E-state index contributed by atoms with van der Waals surface area (Å²) in [6, 6.07) is 0. The fourth-order valence-electron chi connectivity index (χ4n) is 10.1. The standard InChI is InChI=1S/3C13H20N4O3.2C13H18N4O3.CH2O3.3CH4.2K.H/c5*1-9(18)6-4-5-7-17-12(19)10-11(14-8-15(10)2)16(3)13(17)20;2-1-4-3;;;;;;/h3*8-9,18H,4-7H2,1-3H3;2*8H,4-7H2,1-3H3;1,3H;3*1H4;;;/q;;;;;;;;;2*+1;-1/p-1/t2*9-;;;;;;;;;;/m10........../s1/i3*1D3,6D2,8D,9D;1D3,6D2,8D;;;;;;;;. The van der Waals surface area contributed by atoms with Crippen LogP contribution in [0.25, 0.3) is 55.8 Å². The van der Waals surface area contributed by atoms with E-state index in [9.17, 15) is 72.9 Å². The summed E-state index contributed by atoms with van der Waals surface area (Å²) in [5.74, 6) is -1.39. The maximum atomic E-state index is 12.6. The quantitative estimate of drug-likeness (QED) is 0.0150. The first-order valence-electron chi connectivity index (χ1n) is 44.6. The Morgan fingerprint density at radius 3 is 0.927 bits per heavy atom. The Morgan fingerprint density at radius 2 is 0.688 bits per heavy atom. The molecule has 0 saturated heterocycles. The maximum Gasteiger partial charge on any atom is 1.00 e. The van der Waals surface area contributed by atoms with Crippen molar-refractivity contribution in [1.29, 1.82) is 0 Å². The molecular weight excluding hydrogens is 1480 g/mol. The molecule has 0 bridgehead atoms. The average molecular weight is 1610 g/mol. The number of aryl methyl sites for hydroxylation is 10. The summed E-state index contributed by atoms with van der Waals surface area (Å²) in [4.78, 5) is 178. The van der Waals surface area contributed by atoms with Crippen LogP contribution in [0.2, 0.25) is 0 Å². The molecule has 1 unspecified atom stereocenters. The number of hydrogen-bond donors (Lipinski definition) is 3. The summed E-state index contributed by atoms with van der Waals surface area (Å²) in [5.41, 5.74) is -5.19. The van der Waals surface area contributed by atoms with E-state index in [0.717, 1.165) is 36.5 Å². The second kappa shape index (κ2) is 47.8. The number of nitrogens with zero attached hydrogens (tertiary/aromatic N) is 20. The van der Waals surface area contributed by atoms with E-state index in [1.54, 1.807) is 18.7 Å². The molecule has 3 N–H and O–H groups in total. The van der Waals surface area contributed by atoms with E-state index in [1.165, 1.54) is 97.0 Å². The first kappa shape index (κ1) is 63.2. The van der Waals surface area contributed by atoms with Gasteiger partial charge in [-0.05, 0) is 118 Å². The van der Waals surface area contributed by atoms with E-state index in [-0.39, 0.29) is 272 Å². The number of carbonyl (C=O) groups excluding carboxylic acids is 3. The first-order chi connectivity index (χ1) is 59.5. The van der Waals surface area contributed by atoms with Gasteiger partial charge in [0.2, 0.25) is 0 Å². The minimum Gasteiger partial charge on any atom is -1.00 e. The number of rotatable bonds is 26. The summed E-state index contributed by atoms with van der Waals surface area (Å²) in [7, 11) is 14.7. The molecule has 38 nitrogen and oxygen atoms in total. The Labute approximate surface area is 752 Å². The van der Waals surface area contributed by atoms with E-state index in [0.29, 0.717) is 37.0 Å². The molecule has 0 amide bonds. The Hall–Kier alpha value is -7.33. The third-order valence-corrected chi connectivity index (χ3v) is 15.3. The number of imidazole rings is 5. The fourth-order valence-corrected chi connectivity index (χ4v) is 10.1. The van der Waals surface area contributed by atoms with Crippen molar-refractivity contribution in [2.24, 2.45) is 70.5 Å². The molecule has 0 aromatic carbocycles. The Bertz CT molecular complexity index is 6240. The molecule has 596 valence electrons. The van der Waals surface area contributed by atoms with Crippen LogP contribution in [0.1, 0.15) is 191 Å². The van der Waals surface area contributed by atoms with E-state index in [1.807, 2.05) is 0 Å². The smallest absolute Gasteiger partial charge is 1.00 e. The number of hydrogen-bond acceptors (Lipinski definition) is 23. The van der Waals surface area contributed by atoms with Gasteiger partial charge in [-0.15, -0.1) is 0 Å². The van der Waals surface area contributed by atoms with Crippen molar-refractivity contribution in [3.8, 4) is 0 Å². The molecule has 3 atom stereocenters. The largest absolute Gasteiger partial charge is 1.00 e. The zero-order chi connectivity index (χ0) is 101. The van der Waals surface area contributed by atoms with Crippen molar-refractivity contribution in [3.63, 3.8) is 0 Å². The molecule has 0 saturated carbocycles. The summed E-state index contributed by atoms with van der Waals surface area (Å²) in [6.45, 7) is -12.1. The van der Waals surface area contributed by atoms with E-state index in [4.69, 9.17) is 47.1 Å². The molecule has 0 aliphatic heterocycles. The number of aromatic nitrogens is 20. The molecular formula is C69H110K2N20O18. The fraction of sp³-hybridized carbons (Fsp3) is 0.594. The third kappa shape index (κ3) is 26.1. The van der Waals surface area contributed by atoms with Gasteiger partial charge in [0, 0.05) is 143 Å². The van der Waals surface area contributed by atoms with Gasteiger partial charge in [-0.1, -0.05) is 22.3 Å². The Kier molecular flexibility index (Phi) is 27.7. The van der Waals surface area contributed by atoms with Gasteiger partial charge < -0.3 is 59.3 Å². The molecule has 10 heterocycles. The van der Waals surface area contributed by atoms with Gasteiger partial charge in [-0.25, -0.2) is 48.9 Å². The molecule has 109 heavy (non-hydrogen) atoms. The summed E-state index contributed by atoms with van der Waals surface area (Å²) >= 11 is 0. The second-order valence-corrected chi connectivity index (χ2v) is 22.6. The number of aliphatic hydroxyl groups is 3. The zero-order valence-electron chi connectivity index (χ0n) is 88.4. The van der Waals surface area contributed by atoms with E-state index < -0.39 is 148 Å². The maximum absolute atomic E-state index is 12.6. The van der Waals surface area contributed by atoms with Gasteiger partial charge >= 0.3 is 131 Å². The van der Waals surface area contributed by atoms with Crippen molar-refractivity contribution in [2.75, 3.05) is 0 Å². The molecule has 0 spiro atoms. The summed E-state index contributed by atoms with van der Waals surface area (Å²) in [6.07, 6.45) is -21.2. The molecule has 0 aliphatic rings. The topological polar surface area (TPSA) is 453 Å². The molecule has 0 radical (unpaired) electrons. The minimum atomic E-state index is -3.33. The first-order valence-corrected chi connectivity index (χ1v) is 31.1. The molecule has 10 rings (SSSR count). The monoisotopic (exact) mass is 1610 g/mol. The molecule has 40 heteroatoms. The van der Waals surface area contributed by atoms with Crippen LogP contribution < -0.4 is 164 Å². The van der Waals surface area contributed by atoms with Gasteiger partial charge in [-0.3, -0.25) is 74.4 Å². The molecule has 10 aromatic heterocycles. The van der Waals surface area contributed by atoms with Gasteiger partial charge in [0.25, 0.3) is 34.3 Å². The molecule has 0 fully saturated rings. The normalized spacial score (nSPS) is 16.9. The van der Waals surface area contributed by atoms with Gasteiger partial charge in [-0.2, -0.15) is 0 Å². The number of unbranched alkanes of at least 4 members (excludes halogenated alkanes) is 1. The van der Waals surface area contributed by atoms with Crippen LogP contribution in [0.15, 0.2) is 79.5 Å². The van der Waals surface area contributed by atoms with Crippen molar-refractivity contribution in [3.05, 3.63) is 136 Å². The zero-order valence-corrected chi connectivity index (χ0v) is 66.6. The second-order valence-electron chi connectivity index (χ2n) is 22.6. The number of fused-ring (bicyclic) bond motifs is 5. The predicted octanol–water partition coefficient (Wildman–Crippen LogP) is -5.20. The van der Waals surface area contributed by atoms with Crippen LogP contribution >= 0.6 is 0 Å². The van der Waals surface area contributed by atoms with Crippen LogP contribution in [-0.4, -0.2) is 145 Å². The van der Waals surface area contributed by atoms with Crippen molar-refractivity contribution in [2.45, 2.75) is 204 Å². The number of Topliss-reactive ketones (excluding diaryl/α,β-unsaturated/α-hetero) is 2. The van der Waals surface area contributed by atoms with Crippen LogP contribution in [-0.2, 0) is 122 Å². The van der Waals surface area contributed by atoms with Crippen molar-refractivity contribution < 1.29 is 181 Å². The molecule has 10 aromatic rings. The van der Waals surface area contributed by atoms with Crippen LogP contribution in [0.4, 0.5) is 0 Å². The van der Waals surface area contributed by atoms with Gasteiger partial charge in [0.05, 0.1) is 53.9 Å². The van der Waals surface area contributed by atoms with Crippen LogP contribution in [0, 0.1) is 0 Å². The van der Waals surface area contributed by atoms with E-state index in [2.05, 4.69) is 29.8 Å². The van der Waals surface area contributed by atoms with Crippen molar-refractivity contribution in [1.82, 2.24) is 93.4 Å². The Balaban J connectivity index is 0. The van der Waals surface area contributed by atoms with Crippen LogP contribution in [0.5, 0.6) is 0 Å². The SMILES string of the molecule is C.C.C.CC(=O)CCCCn1c(=O)c2c(ncn2C)n(C)c1=O.O=CO[O-].[2H]c1nc2c(c(=O)n(CCCC([2H])([2H])C(=O)C([2H])([2H])[2H])c(=O)n2C)n1C.[2H]c1nc2c(c(=O)n(CCCC([2H])([2H])C([2H])(O)C([2H])([2H])[2H])c(=O)n2C)n1C.[2H]c1nc2c(c(=O)n(CCCC([2H])([2H])[C@@]([2H])(O)C([2H])([2H])[2H])c(=O)n2C)n1C.[2H]c1nc2c(c(=O)n(CCCC([2H])([2H])[C@]([2H])(O)C([2H])([2H])[2H])c(=O)n2C)n1C.[H-].[K+].[K+]. The third-order valence-electron chi connectivity index (χ3n) is 15.3. The van der Waals surface area contributed by atoms with Gasteiger partial charge in [0.1, 0.15) is 17.0 Å². The Morgan fingerprint density at radius 1 is 0.450 bits per heavy atom. The number of carbonyl (C=O) groups is 3. The van der Waals surface area contributed by atoms with Crippen LogP contribution in [0.3, 0.4) is 0 Å². The summed E-state index contributed by atoms with van der Waals surface area (Å²) < 4.78 is 217. The number of ketones is 2. The average Bonchev–Trinajstić information content (AvgIpc) is 1.53. The summed E-state index contributed by atoms with van der Waals surface area (Å²) in [5, 5.41) is 37.7. The van der Waals surface area contributed by atoms with Crippen molar-refractivity contribution >= 4 is 73.9 Å². The minimum absolute atomic E-state index is 0. The van der Waals surface area contributed by atoms with E-state index >= 15 is 0 Å².